The summed E-state index contributed by atoms with van der Waals surface area (Å²) in [6, 6.07) is 5.21. The van der Waals surface area contributed by atoms with E-state index in [-0.39, 0.29) is 17.8 Å². The molecule has 0 saturated carbocycles. The van der Waals surface area contributed by atoms with Crippen LogP contribution in [0.3, 0.4) is 0 Å². The number of benzene rings is 1. The lowest BCUT2D eigenvalue weighted by Crippen LogP contribution is -2.13. The minimum atomic E-state index is -0.241. The molecule has 0 radical (unpaired) electrons. The molecule has 0 unspecified atom stereocenters. The van der Waals surface area contributed by atoms with Crippen molar-refractivity contribution in [2.75, 3.05) is 11.5 Å². The molecule has 1 aromatic carbocycles. The zero-order chi connectivity index (χ0) is 12.1. The first kappa shape index (κ1) is 13.2. The molecule has 0 fully saturated rings. The van der Waals surface area contributed by atoms with Gasteiger partial charge in [-0.15, -0.1) is 11.8 Å². The predicted molar refractivity (Wildman–Crippen MR) is 67.8 cm³/mol. The number of carbonyl (C=O) groups is 1. The van der Waals surface area contributed by atoms with E-state index in [0.717, 1.165) is 4.90 Å². The number of ether oxygens (including phenoxy) is 1. The van der Waals surface area contributed by atoms with E-state index in [0.29, 0.717) is 10.7 Å². The van der Waals surface area contributed by atoms with Gasteiger partial charge in [-0.3, -0.25) is 4.79 Å². The van der Waals surface area contributed by atoms with E-state index in [1.807, 2.05) is 13.8 Å². The fourth-order valence-corrected chi connectivity index (χ4v) is 2.00. The lowest BCUT2D eigenvalue weighted by Gasteiger charge is -2.08. The summed E-state index contributed by atoms with van der Waals surface area (Å²) in [4.78, 5) is 12.1. The van der Waals surface area contributed by atoms with Crippen LogP contribution in [0.2, 0.25) is 5.02 Å². The number of nitrogens with two attached hydrogens (primary N) is 1. The van der Waals surface area contributed by atoms with Crippen LogP contribution in [0.1, 0.15) is 13.8 Å². The smallest absolute Gasteiger partial charge is 0.316 e. The van der Waals surface area contributed by atoms with Gasteiger partial charge in [-0.1, -0.05) is 11.6 Å². The van der Waals surface area contributed by atoms with Crippen LogP contribution in [-0.4, -0.2) is 17.8 Å². The molecule has 16 heavy (non-hydrogen) atoms. The molecule has 0 spiro atoms. The van der Waals surface area contributed by atoms with Gasteiger partial charge >= 0.3 is 5.97 Å². The summed E-state index contributed by atoms with van der Waals surface area (Å²) in [5.74, 6) is 0.0126. The highest BCUT2D eigenvalue weighted by Crippen LogP contribution is 2.27. The molecule has 0 aliphatic heterocycles. The van der Waals surface area contributed by atoms with E-state index in [1.54, 1.807) is 18.2 Å². The zero-order valence-electron chi connectivity index (χ0n) is 9.20. The van der Waals surface area contributed by atoms with Gasteiger partial charge in [-0.25, -0.2) is 0 Å². The number of hydrogen-bond acceptors (Lipinski definition) is 4. The number of anilines is 1. The third-order valence-corrected chi connectivity index (χ3v) is 2.98. The lowest BCUT2D eigenvalue weighted by molar-refractivity contribution is -0.144. The van der Waals surface area contributed by atoms with Crippen LogP contribution in [0.15, 0.2) is 23.1 Å². The van der Waals surface area contributed by atoms with Crippen molar-refractivity contribution in [3.8, 4) is 0 Å². The Bertz CT molecular complexity index is 382. The average Bonchev–Trinajstić information content (AvgIpc) is 2.15. The number of thioether (sulfide) groups is 1. The molecule has 0 aliphatic rings. The van der Waals surface area contributed by atoms with Crippen molar-refractivity contribution in [3.05, 3.63) is 23.2 Å². The van der Waals surface area contributed by atoms with Gasteiger partial charge in [-0.2, -0.15) is 0 Å². The molecule has 0 saturated heterocycles. The summed E-state index contributed by atoms with van der Waals surface area (Å²) >= 11 is 7.12. The third-order valence-electron chi connectivity index (χ3n) is 1.68. The number of esters is 1. The fourth-order valence-electron chi connectivity index (χ4n) is 1.08. The molecule has 3 nitrogen and oxygen atoms in total. The highest BCUT2D eigenvalue weighted by atomic mass is 35.5. The Morgan fingerprint density at radius 1 is 1.56 bits per heavy atom. The van der Waals surface area contributed by atoms with Crippen LogP contribution in [-0.2, 0) is 9.53 Å². The summed E-state index contributed by atoms with van der Waals surface area (Å²) in [6.07, 6.45) is -0.0873. The monoisotopic (exact) mass is 259 g/mol. The van der Waals surface area contributed by atoms with Crippen LogP contribution in [0, 0.1) is 0 Å². The highest BCUT2D eigenvalue weighted by Gasteiger charge is 2.08. The standard InChI is InChI=1S/C11H14ClNO2S/c1-7(2)15-11(14)6-16-10-4-3-8(12)5-9(10)13/h3-5,7H,6,13H2,1-2H3. The molecule has 0 aromatic heterocycles. The second kappa shape index (κ2) is 6.01. The van der Waals surface area contributed by atoms with Gasteiger partial charge in [-0.05, 0) is 32.0 Å². The maximum Gasteiger partial charge on any atom is 0.316 e. The van der Waals surface area contributed by atoms with E-state index in [9.17, 15) is 4.79 Å². The molecule has 0 heterocycles. The van der Waals surface area contributed by atoms with E-state index in [1.165, 1.54) is 11.8 Å². The van der Waals surface area contributed by atoms with Crippen LogP contribution >= 0.6 is 23.4 Å². The number of carbonyl (C=O) groups excluding carboxylic acids is 1. The summed E-state index contributed by atoms with van der Waals surface area (Å²) in [6.45, 7) is 3.64. The number of halogens is 1. The van der Waals surface area contributed by atoms with Gasteiger partial charge in [0.1, 0.15) is 0 Å². The maximum absolute atomic E-state index is 11.3. The third kappa shape index (κ3) is 4.33. The molecular weight excluding hydrogens is 246 g/mol. The summed E-state index contributed by atoms with van der Waals surface area (Å²) in [7, 11) is 0. The highest BCUT2D eigenvalue weighted by molar-refractivity contribution is 8.00. The van der Waals surface area contributed by atoms with Crippen molar-refractivity contribution < 1.29 is 9.53 Å². The molecule has 2 N–H and O–H groups in total. The number of nitrogen functional groups attached to an aromatic ring is 1. The average molecular weight is 260 g/mol. The molecule has 0 bridgehead atoms. The van der Waals surface area contributed by atoms with Crippen LogP contribution in [0.25, 0.3) is 0 Å². The second-order valence-electron chi connectivity index (χ2n) is 3.51. The Balaban J connectivity index is 2.51. The minimum absolute atomic E-state index is 0.0873. The molecule has 0 atom stereocenters. The Kier molecular flexibility index (Phi) is 4.96. The molecule has 1 rings (SSSR count). The predicted octanol–water partition coefficient (Wildman–Crippen LogP) is 2.97. The fraction of sp³-hybridized carbons (Fsp3) is 0.364. The first-order chi connectivity index (χ1) is 7.49. The van der Waals surface area contributed by atoms with Gasteiger partial charge in [0.15, 0.2) is 0 Å². The maximum atomic E-state index is 11.3. The first-order valence-corrected chi connectivity index (χ1v) is 6.22. The molecular formula is C11H14ClNO2S. The van der Waals surface area contributed by atoms with Crippen molar-refractivity contribution in [1.82, 2.24) is 0 Å². The topological polar surface area (TPSA) is 52.3 Å². The summed E-state index contributed by atoms with van der Waals surface area (Å²) in [5, 5.41) is 0.589. The first-order valence-electron chi connectivity index (χ1n) is 4.86. The van der Waals surface area contributed by atoms with E-state index in [2.05, 4.69) is 0 Å². The SMILES string of the molecule is CC(C)OC(=O)CSc1ccc(Cl)cc1N. The molecule has 0 aliphatic carbocycles. The van der Waals surface area contributed by atoms with Gasteiger partial charge < -0.3 is 10.5 Å². The zero-order valence-corrected chi connectivity index (χ0v) is 10.8. The quantitative estimate of drug-likeness (QED) is 0.513. The van der Waals surface area contributed by atoms with Crippen molar-refractivity contribution in [2.24, 2.45) is 0 Å². The van der Waals surface area contributed by atoms with Gasteiger partial charge in [0, 0.05) is 15.6 Å². The van der Waals surface area contributed by atoms with Gasteiger partial charge in [0.05, 0.1) is 11.9 Å². The Labute approximate surface area is 104 Å². The van der Waals surface area contributed by atoms with E-state index < -0.39 is 0 Å². The summed E-state index contributed by atoms with van der Waals surface area (Å²) < 4.78 is 5.01. The summed E-state index contributed by atoms with van der Waals surface area (Å²) in [5.41, 5.74) is 6.33. The minimum Gasteiger partial charge on any atom is -0.462 e. The molecule has 5 heteroatoms. The molecule has 88 valence electrons. The molecule has 1 aromatic rings. The van der Waals surface area contributed by atoms with Crippen LogP contribution in [0.4, 0.5) is 5.69 Å². The Hall–Kier alpha value is -0.870. The molecule has 0 amide bonds. The van der Waals surface area contributed by atoms with Crippen LogP contribution in [0.5, 0.6) is 0 Å². The van der Waals surface area contributed by atoms with Gasteiger partial charge in [0.25, 0.3) is 0 Å². The van der Waals surface area contributed by atoms with Crippen molar-refractivity contribution in [3.63, 3.8) is 0 Å². The largest absolute Gasteiger partial charge is 0.462 e. The lowest BCUT2D eigenvalue weighted by atomic mass is 10.3. The van der Waals surface area contributed by atoms with Crippen LogP contribution < -0.4 is 5.73 Å². The Morgan fingerprint density at radius 3 is 2.81 bits per heavy atom. The van der Waals surface area contributed by atoms with Gasteiger partial charge in [0.2, 0.25) is 0 Å². The second-order valence-corrected chi connectivity index (χ2v) is 4.96. The Morgan fingerprint density at radius 2 is 2.25 bits per heavy atom. The van der Waals surface area contributed by atoms with E-state index in [4.69, 9.17) is 22.1 Å². The number of hydrogen-bond donors (Lipinski definition) is 1. The van der Waals surface area contributed by atoms with Crippen molar-refractivity contribution in [1.29, 1.82) is 0 Å². The van der Waals surface area contributed by atoms with Crippen molar-refractivity contribution >= 4 is 35.0 Å². The number of rotatable bonds is 4. The van der Waals surface area contributed by atoms with E-state index >= 15 is 0 Å². The van der Waals surface area contributed by atoms with Crippen molar-refractivity contribution in [2.45, 2.75) is 24.8 Å². The normalized spacial score (nSPS) is 10.5.